The first-order chi connectivity index (χ1) is 11.5. The van der Waals surface area contributed by atoms with Crippen LogP contribution in [0.25, 0.3) is 11.3 Å². The first kappa shape index (κ1) is 15.7. The maximum Gasteiger partial charge on any atom is 0.417 e. The van der Waals surface area contributed by atoms with Crippen molar-refractivity contribution in [3.8, 4) is 17.3 Å². The lowest BCUT2D eigenvalue weighted by molar-refractivity contribution is -0.137. The predicted octanol–water partition coefficient (Wildman–Crippen LogP) is 3.35. The molecule has 0 aliphatic carbocycles. The van der Waals surface area contributed by atoms with Gasteiger partial charge >= 0.3 is 6.18 Å². The number of alkyl halides is 3. The van der Waals surface area contributed by atoms with Gasteiger partial charge in [0.2, 0.25) is 0 Å². The summed E-state index contributed by atoms with van der Waals surface area (Å²) < 4.78 is 38.1. The van der Waals surface area contributed by atoms with Gasteiger partial charge in [0.25, 0.3) is 0 Å². The molecule has 0 fully saturated rings. The SMILES string of the molecule is N#Cc1n[nH]nc1-c1ccc(Cc2cncc(C(F)(F)F)c2)cc1. The zero-order valence-corrected chi connectivity index (χ0v) is 12.2. The average molecular weight is 329 g/mol. The van der Waals surface area contributed by atoms with Crippen LogP contribution in [0.1, 0.15) is 22.4 Å². The molecule has 0 aliphatic rings. The number of halogens is 3. The molecule has 24 heavy (non-hydrogen) atoms. The molecule has 5 nitrogen and oxygen atoms in total. The number of aromatic nitrogens is 4. The molecule has 0 atom stereocenters. The number of pyridine rings is 1. The Labute approximate surface area is 134 Å². The Bertz CT molecular complexity index is 891. The van der Waals surface area contributed by atoms with E-state index in [0.717, 1.165) is 17.8 Å². The van der Waals surface area contributed by atoms with Gasteiger partial charge < -0.3 is 0 Å². The molecule has 0 bridgehead atoms. The average Bonchev–Trinajstić information content (AvgIpc) is 3.04. The minimum atomic E-state index is -4.41. The Hall–Kier alpha value is -3.21. The number of nitrogens with zero attached hydrogens (tertiary/aromatic N) is 4. The zero-order valence-electron chi connectivity index (χ0n) is 12.2. The first-order valence-corrected chi connectivity index (χ1v) is 6.88. The predicted molar refractivity (Wildman–Crippen MR) is 78.6 cm³/mol. The van der Waals surface area contributed by atoms with Crippen LogP contribution in [-0.4, -0.2) is 20.4 Å². The first-order valence-electron chi connectivity index (χ1n) is 6.88. The third-order valence-electron chi connectivity index (χ3n) is 3.41. The molecule has 120 valence electrons. The van der Waals surface area contributed by atoms with Crippen LogP contribution in [0.2, 0.25) is 0 Å². The largest absolute Gasteiger partial charge is 0.417 e. The van der Waals surface area contributed by atoms with Crippen LogP contribution < -0.4 is 0 Å². The quantitative estimate of drug-likeness (QED) is 0.799. The van der Waals surface area contributed by atoms with Gasteiger partial charge in [-0.3, -0.25) is 4.98 Å². The zero-order chi connectivity index (χ0) is 17.2. The van der Waals surface area contributed by atoms with Crippen molar-refractivity contribution in [3.63, 3.8) is 0 Å². The topological polar surface area (TPSA) is 78.2 Å². The third-order valence-corrected chi connectivity index (χ3v) is 3.41. The maximum atomic E-state index is 12.7. The summed E-state index contributed by atoms with van der Waals surface area (Å²) >= 11 is 0. The van der Waals surface area contributed by atoms with E-state index in [9.17, 15) is 13.2 Å². The molecule has 3 aromatic rings. The highest BCUT2D eigenvalue weighted by atomic mass is 19.4. The molecular formula is C16H10F3N5. The molecule has 0 unspecified atom stereocenters. The lowest BCUT2D eigenvalue weighted by Crippen LogP contribution is -2.06. The summed E-state index contributed by atoms with van der Waals surface area (Å²) in [6.45, 7) is 0. The number of hydrogen-bond acceptors (Lipinski definition) is 4. The van der Waals surface area contributed by atoms with Gasteiger partial charge in [0.1, 0.15) is 11.8 Å². The lowest BCUT2D eigenvalue weighted by Gasteiger charge is -2.08. The van der Waals surface area contributed by atoms with Crippen LogP contribution in [0.3, 0.4) is 0 Å². The second-order valence-corrected chi connectivity index (χ2v) is 5.09. The molecular weight excluding hydrogens is 319 g/mol. The van der Waals surface area contributed by atoms with E-state index in [4.69, 9.17) is 5.26 Å². The molecule has 2 heterocycles. The number of aromatic amines is 1. The highest BCUT2D eigenvalue weighted by molar-refractivity contribution is 5.64. The van der Waals surface area contributed by atoms with E-state index >= 15 is 0 Å². The van der Waals surface area contributed by atoms with Crippen molar-refractivity contribution < 1.29 is 13.2 Å². The Morgan fingerprint density at radius 1 is 1.04 bits per heavy atom. The lowest BCUT2D eigenvalue weighted by atomic mass is 10.0. The van der Waals surface area contributed by atoms with Crippen molar-refractivity contribution in [2.24, 2.45) is 0 Å². The van der Waals surface area contributed by atoms with Gasteiger partial charge in [0.05, 0.1) is 5.56 Å². The molecule has 0 radical (unpaired) electrons. The van der Waals surface area contributed by atoms with Gasteiger partial charge in [0.15, 0.2) is 5.69 Å². The van der Waals surface area contributed by atoms with Gasteiger partial charge in [-0.05, 0) is 23.6 Å². The Kier molecular flexibility index (Phi) is 4.00. The van der Waals surface area contributed by atoms with Crippen molar-refractivity contribution >= 4 is 0 Å². The van der Waals surface area contributed by atoms with E-state index in [1.165, 1.54) is 6.20 Å². The van der Waals surface area contributed by atoms with E-state index in [1.54, 1.807) is 24.3 Å². The molecule has 1 aromatic carbocycles. The highest BCUT2D eigenvalue weighted by Crippen LogP contribution is 2.29. The smallest absolute Gasteiger partial charge is 0.264 e. The summed E-state index contributed by atoms with van der Waals surface area (Å²) in [4.78, 5) is 3.65. The fourth-order valence-corrected chi connectivity index (χ4v) is 2.27. The molecule has 3 rings (SSSR count). The molecule has 0 aliphatic heterocycles. The molecule has 8 heteroatoms. The molecule has 0 spiro atoms. The second kappa shape index (κ2) is 6.12. The number of benzene rings is 1. The van der Waals surface area contributed by atoms with Gasteiger partial charge in [-0.2, -0.15) is 28.7 Å². The van der Waals surface area contributed by atoms with Crippen molar-refractivity contribution in [1.82, 2.24) is 20.4 Å². The summed E-state index contributed by atoms with van der Waals surface area (Å²) in [6, 6.07) is 10.0. The van der Waals surface area contributed by atoms with Gasteiger partial charge in [-0.15, -0.1) is 5.10 Å². The Morgan fingerprint density at radius 2 is 1.79 bits per heavy atom. The summed E-state index contributed by atoms with van der Waals surface area (Å²) in [7, 11) is 0. The fraction of sp³-hybridized carbons (Fsp3) is 0.125. The monoisotopic (exact) mass is 329 g/mol. The van der Waals surface area contributed by atoms with Gasteiger partial charge in [-0.25, -0.2) is 0 Å². The van der Waals surface area contributed by atoms with Gasteiger partial charge in [-0.1, -0.05) is 24.3 Å². The Balaban J connectivity index is 1.81. The van der Waals surface area contributed by atoms with E-state index in [-0.39, 0.29) is 5.69 Å². The number of H-pyrrole nitrogens is 1. The fourth-order valence-electron chi connectivity index (χ4n) is 2.27. The number of hydrogen-bond donors (Lipinski definition) is 1. The van der Waals surface area contributed by atoms with Crippen LogP contribution in [0.15, 0.2) is 42.7 Å². The molecule has 0 saturated carbocycles. The van der Waals surface area contributed by atoms with Crippen LogP contribution in [0.5, 0.6) is 0 Å². The van der Waals surface area contributed by atoms with Crippen molar-refractivity contribution in [1.29, 1.82) is 5.26 Å². The molecule has 2 aromatic heterocycles. The third kappa shape index (κ3) is 3.25. The van der Waals surface area contributed by atoms with Crippen LogP contribution in [0.4, 0.5) is 13.2 Å². The number of nitrogens with one attached hydrogen (secondary N) is 1. The highest BCUT2D eigenvalue weighted by Gasteiger charge is 2.30. The number of rotatable bonds is 3. The van der Waals surface area contributed by atoms with E-state index in [0.29, 0.717) is 23.2 Å². The standard InChI is InChI=1S/C16H10F3N5/c17-16(18,19)13-6-11(8-21-9-13)5-10-1-3-12(4-2-10)15-14(7-20)22-24-23-15/h1-4,6,8-9H,5H2,(H,22,23,24). The van der Waals surface area contributed by atoms with Crippen molar-refractivity contribution in [2.75, 3.05) is 0 Å². The van der Waals surface area contributed by atoms with E-state index < -0.39 is 11.7 Å². The minimum Gasteiger partial charge on any atom is -0.264 e. The van der Waals surface area contributed by atoms with Crippen molar-refractivity contribution in [3.05, 3.63) is 65.1 Å². The minimum absolute atomic E-state index is 0.185. The second-order valence-electron chi connectivity index (χ2n) is 5.09. The molecule has 1 N–H and O–H groups in total. The number of nitriles is 1. The van der Waals surface area contributed by atoms with E-state index in [1.807, 2.05) is 6.07 Å². The summed E-state index contributed by atoms with van der Waals surface area (Å²) in [6.07, 6.45) is -1.87. The molecule has 0 amide bonds. The van der Waals surface area contributed by atoms with Crippen LogP contribution in [-0.2, 0) is 12.6 Å². The summed E-state index contributed by atoms with van der Waals surface area (Å²) in [5.74, 6) is 0. The van der Waals surface area contributed by atoms with Gasteiger partial charge in [0, 0.05) is 18.0 Å². The maximum absolute atomic E-state index is 12.7. The van der Waals surface area contributed by atoms with Crippen LogP contribution >= 0.6 is 0 Å². The molecule has 0 saturated heterocycles. The van der Waals surface area contributed by atoms with E-state index in [2.05, 4.69) is 20.4 Å². The van der Waals surface area contributed by atoms with Crippen molar-refractivity contribution in [2.45, 2.75) is 12.6 Å². The summed E-state index contributed by atoms with van der Waals surface area (Å²) in [5.41, 5.74) is 1.84. The van der Waals surface area contributed by atoms with Crippen LogP contribution in [0, 0.1) is 11.3 Å². The normalized spacial score (nSPS) is 11.2. The Morgan fingerprint density at radius 3 is 2.46 bits per heavy atom. The summed E-state index contributed by atoms with van der Waals surface area (Å²) in [5, 5.41) is 19.0.